The van der Waals surface area contributed by atoms with Crippen molar-refractivity contribution in [2.45, 2.75) is 57.4 Å². The van der Waals surface area contributed by atoms with E-state index >= 15 is 0 Å². The molecule has 4 atom stereocenters. The molecule has 0 radical (unpaired) electrons. The number of aromatic amines is 1. The predicted octanol–water partition coefficient (Wildman–Crippen LogP) is 5.41. The number of furan rings is 1. The summed E-state index contributed by atoms with van der Waals surface area (Å²) in [5, 5.41) is 10.5. The van der Waals surface area contributed by atoms with Crippen LogP contribution in [0.3, 0.4) is 0 Å². The monoisotopic (exact) mass is 434 g/mol. The van der Waals surface area contributed by atoms with E-state index in [-0.39, 0.29) is 23.8 Å². The fraction of sp³-hybridized carbons (Fsp3) is 0.462. The number of hydrogen-bond donors (Lipinski definition) is 2. The first-order valence-corrected chi connectivity index (χ1v) is 11.7. The Bertz CT molecular complexity index is 1120. The van der Waals surface area contributed by atoms with Crippen LogP contribution in [0.1, 0.15) is 56.9 Å². The summed E-state index contributed by atoms with van der Waals surface area (Å²) in [7, 11) is 0. The third-order valence-electron chi connectivity index (χ3n) is 7.52. The van der Waals surface area contributed by atoms with Gasteiger partial charge in [0.25, 0.3) is 0 Å². The summed E-state index contributed by atoms with van der Waals surface area (Å²) in [6, 6.07) is 10.2. The molecule has 3 heterocycles. The van der Waals surface area contributed by atoms with Crippen molar-refractivity contribution in [1.82, 2.24) is 9.88 Å². The molecule has 6 heteroatoms. The fourth-order valence-electron chi connectivity index (χ4n) is 5.92. The van der Waals surface area contributed by atoms with Crippen molar-refractivity contribution in [2.24, 2.45) is 11.8 Å². The molecule has 32 heavy (non-hydrogen) atoms. The Morgan fingerprint density at radius 3 is 2.88 bits per heavy atom. The highest BCUT2D eigenvalue weighted by Crippen LogP contribution is 2.40. The molecule has 1 saturated heterocycles. The number of benzene rings is 1. The number of amides is 1. The first-order valence-electron chi connectivity index (χ1n) is 11.7. The minimum absolute atomic E-state index is 0.0584. The van der Waals surface area contributed by atoms with E-state index in [9.17, 15) is 14.7 Å². The third-order valence-corrected chi connectivity index (χ3v) is 7.52. The molecular weight excluding hydrogens is 404 g/mol. The summed E-state index contributed by atoms with van der Waals surface area (Å²) in [6.07, 6.45) is 8.32. The maximum Gasteiger partial charge on any atom is 0.306 e. The second-order valence-corrected chi connectivity index (χ2v) is 9.46. The molecule has 1 amide bonds. The number of rotatable bonds is 5. The van der Waals surface area contributed by atoms with Gasteiger partial charge in [0, 0.05) is 41.7 Å². The van der Waals surface area contributed by atoms with E-state index in [1.807, 2.05) is 24.4 Å². The number of carboxylic acid groups (broad SMARTS) is 1. The summed E-state index contributed by atoms with van der Waals surface area (Å²) in [4.78, 5) is 30.3. The average Bonchev–Trinajstić information content (AvgIpc) is 3.48. The van der Waals surface area contributed by atoms with Gasteiger partial charge in [-0.3, -0.25) is 9.59 Å². The second kappa shape index (κ2) is 8.49. The lowest BCUT2D eigenvalue weighted by Gasteiger charge is -2.45. The summed E-state index contributed by atoms with van der Waals surface area (Å²) in [5.41, 5.74) is 3.20. The zero-order valence-corrected chi connectivity index (χ0v) is 18.4. The lowest BCUT2D eigenvalue weighted by molar-refractivity contribution is -0.146. The van der Waals surface area contributed by atoms with Crippen molar-refractivity contribution in [3.63, 3.8) is 0 Å². The van der Waals surface area contributed by atoms with Gasteiger partial charge in [-0.2, -0.15) is 0 Å². The van der Waals surface area contributed by atoms with Crippen LogP contribution >= 0.6 is 0 Å². The molecule has 2 aromatic heterocycles. The van der Waals surface area contributed by atoms with E-state index in [1.165, 1.54) is 0 Å². The SMILES string of the molecule is CC(CC(=O)N1CCCC2CC(C(=O)O)CCC21)c1c[nH]c2cccc(-c3ccco3)c12. The van der Waals surface area contributed by atoms with Crippen molar-refractivity contribution < 1.29 is 19.1 Å². The number of aromatic nitrogens is 1. The number of nitrogens with zero attached hydrogens (tertiary/aromatic N) is 1. The highest BCUT2D eigenvalue weighted by Gasteiger charge is 2.40. The number of carbonyl (C=O) groups excluding carboxylic acids is 1. The fourth-order valence-corrected chi connectivity index (χ4v) is 5.92. The molecule has 2 aliphatic rings. The molecule has 2 N–H and O–H groups in total. The number of carboxylic acids is 1. The van der Waals surface area contributed by atoms with Gasteiger partial charge in [-0.1, -0.05) is 19.1 Å². The molecule has 168 valence electrons. The first-order chi connectivity index (χ1) is 15.5. The van der Waals surface area contributed by atoms with E-state index in [4.69, 9.17) is 4.42 Å². The summed E-state index contributed by atoms with van der Waals surface area (Å²) in [5.74, 6) is 0.443. The first kappa shape index (κ1) is 20.9. The van der Waals surface area contributed by atoms with Crippen LogP contribution in [0.4, 0.5) is 0 Å². The normalized spacial score (nSPS) is 24.3. The highest BCUT2D eigenvalue weighted by atomic mass is 16.4. The van der Waals surface area contributed by atoms with Gasteiger partial charge >= 0.3 is 5.97 Å². The zero-order valence-electron chi connectivity index (χ0n) is 18.4. The quantitative estimate of drug-likeness (QED) is 0.562. The Hall–Kier alpha value is -3.02. The molecule has 1 aliphatic heterocycles. The topological polar surface area (TPSA) is 86.5 Å². The minimum atomic E-state index is -0.688. The van der Waals surface area contributed by atoms with Crippen LogP contribution in [0.25, 0.3) is 22.2 Å². The van der Waals surface area contributed by atoms with E-state index in [1.54, 1.807) is 6.26 Å². The molecule has 1 aliphatic carbocycles. The van der Waals surface area contributed by atoms with Crippen molar-refractivity contribution in [2.75, 3.05) is 6.54 Å². The second-order valence-electron chi connectivity index (χ2n) is 9.46. The van der Waals surface area contributed by atoms with Crippen LogP contribution < -0.4 is 0 Å². The number of aliphatic carboxylic acids is 1. The Morgan fingerprint density at radius 2 is 2.09 bits per heavy atom. The Morgan fingerprint density at radius 1 is 1.22 bits per heavy atom. The smallest absolute Gasteiger partial charge is 0.306 e. The van der Waals surface area contributed by atoms with Crippen molar-refractivity contribution in [3.05, 3.63) is 48.4 Å². The van der Waals surface area contributed by atoms with Crippen molar-refractivity contribution >= 4 is 22.8 Å². The molecule has 1 aromatic carbocycles. The standard InChI is InChI=1S/C26H30N2O4/c1-16(20-15-27-21-7-2-6-19(25(20)21)23-8-4-12-32-23)13-24(29)28-11-3-5-17-14-18(26(30)31)9-10-22(17)28/h2,4,6-8,12,15-18,22,27H,3,5,9-11,13-14H2,1H3,(H,30,31). The van der Waals surface area contributed by atoms with E-state index in [0.717, 1.165) is 53.6 Å². The van der Waals surface area contributed by atoms with Crippen LogP contribution in [0, 0.1) is 11.8 Å². The van der Waals surface area contributed by atoms with E-state index in [0.29, 0.717) is 25.2 Å². The number of fused-ring (bicyclic) bond motifs is 2. The van der Waals surface area contributed by atoms with Gasteiger partial charge in [-0.15, -0.1) is 0 Å². The molecule has 0 bridgehead atoms. The van der Waals surface area contributed by atoms with Gasteiger partial charge in [0.05, 0.1) is 12.2 Å². The van der Waals surface area contributed by atoms with Crippen molar-refractivity contribution in [3.8, 4) is 11.3 Å². The van der Waals surface area contributed by atoms with E-state index in [2.05, 4.69) is 28.9 Å². The lowest BCUT2D eigenvalue weighted by Crippen LogP contribution is -2.51. The third kappa shape index (κ3) is 3.72. The molecule has 3 aromatic rings. The van der Waals surface area contributed by atoms with Crippen LogP contribution in [0.5, 0.6) is 0 Å². The van der Waals surface area contributed by atoms with Gasteiger partial charge in [-0.05, 0) is 67.7 Å². The van der Waals surface area contributed by atoms with Crippen LogP contribution in [-0.4, -0.2) is 39.5 Å². The maximum atomic E-state index is 13.4. The summed E-state index contributed by atoms with van der Waals surface area (Å²) in [6.45, 7) is 2.90. The van der Waals surface area contributed by atoms with Gasteiger partial charge in [0.15, 0.2) is 0 Å². The average molecular weight is 435 g/mol. The van der Waals surface area contributed by atoms with Crippen LogP contribution in [0.15, 0.2) is 47.2 Å². The number of nitrogens with one attached hydrogen (secondary N) is 1. The molecular formula is C26H30N2O4. The molecule has 4 unspecified atom stereocenters. The Kier molecular flexibility index (Phi) is 5.53. The number of piperidine rings is 1. The van der Waals surface area contributed by atoms with Gasteiger partial charge in [-0.25, -0.2) is 0 Å². The number of carbonyl (C=O) groups is 2. The molecule has 6 nitrogen and oxygen atoms in total. The van der Waals surface area contributed by atoms with Gasteiger partial charge in [0.1, 0.15) is 5.76 Å². The predicted molar refractivity (Wildman–Crippen MR) is 122 cm³/mol. The number of H-pyrrole nitrogens is 1. The number of likely N-dealkylation sites (tertiary alicyclic amines) is 1. The van der Waals surface area contributed by atoms with Crippen LogP contribution in [0.2, 0.25) is 0 Å². The Balaban J connectivity index is 1.35. The lowest BCUT2D eigenvalue weighted by atomic mass is 9.73. The largest absolute Gasteiger partial charge is 0.481 e. The summed E-state index contributed by atoms with van der Waals surface area (Å²) < 4.78 is 5.66. The summed E-state index contributed by atoms with van der Waals surface area (Å²) >= 11 is 0. The highest BCUT2D eigenvalue weighted by molar-refractivity contribution is 5.97. The minimum Gasteiger partial charge on any atom is -0.481 e. The van der Waals surface area contributed by atoms with Gasteiger partial charge < -0.3 is 19.4 Å². The number of hydrogen-bond acceptors (Lipinski definition) is 3. The Labute approximate surface area is 187 Å². The molecule has 2 fully saturated rings. The molecule has 5 rings (SSSR count). The van der Waals surface area contributed by atoms with E-state index < -0.39 is 5.97 Å². The molecule has 0 spiro atoms. The van der Waals surface area contributed by atoms with Gasteiger partial charge in [0.2, 0.25) is 5.91 Å². The molecule has 1 saturated carbocycles. The maximum absolute atomic E-state index is 13.4. The zero-order chi connectivity index (χ0) is 22.2. The van der Waals surface area contributed by atoms with Crippen LogP contribution in [-0.2, 0) is 9.59 Å². The van der Waals surface area contributed by atoms with Crippen molar-refractivity contribution in [1.29, 1.82) is 0 Å².